The minimum Gasteiger partial charge on any atom is -0.481 e. The van der Waals surface area contributed by atoms with Gasteiger partial charge in [-0.25, -0.2) is 0 Å². The Morgan fingerprint density at radius 2 is 0.887 bits per heavy atom. The predicted molar refractivity (Wildman–Crippen MR) is 284 cm³/mol. The third-order valence-electron chi connectivity index (χ3n) is 14.1. The van der Waals surface area contributed by atoms with Gasteiger partial charge in [0.2, 0.25) is 0 Å². The fourth-order valence-corrected chi connectivity index (χ4v) is 33.9. The van der Waals surface area contributed by atoms with E-state index in [0.29, 0.717) is 0 Å². The molecule has 0 saturated carbocycles. The van der Waals surface area contributed by atoms with Crippen LogP contribution in [0, 0.1) is 6.92 Å². The van der Waals surface area contributed by atoms with Crippen molar-refractivity contribution >= 4 is 66.6 Å². The van der Waals surface area contributed by atoms with E-state index in [-0.39, 0.29) is 11.2 Å². The number of hydrogen-bond donors (Lipinski definition) is 0. The second-order valence-corrected chi connectivity index (χ2v) is 37.5. The molecule has 0 aliphatic carbocycles. The third kappa shape index (κ3) is 13.4. The zero-order chi connectivity index (χ0) is 44.3. The van der Waals surface area contributed by atoms with Crippen LogP contribution in [0.4, 0.5) is 0 Å². The van der Waals surface area contributed by atoms with Crippen molar-refractivity contribution < 1.29 is 9.47 Å². The largest absolute Gasteiger partial charge is 0.481 e. The van der Waals surface area contributed by atoms with Gasteiger partial charge in [0.1, 0.15) is 11.4 Å². The van der Waals surface area contributed by atoms with Crippen molar-refractivity contribution in [3.05, 3.63) is 51.0 Å². The van der Waals surface area contributed by atoms with E-state index in [9.17, 15) is 0 Å². The molecule has 0 bridgehead atoms. The maximum Gasteiger partial charge on any atom is 0.140 e. The fraction of sp³-hybridized carbons (Fsp3) is 0.709. The van der Waals surface area contributed by atoms with Crippen LogP contribution in [-0.2, 0) is 11.2 Å². The van der Waals surface area contributed by atoms with Crippen LogP contribution in [-0.4, -0.2) is 18.4 Å². The van der Waals surface area contributed by atoms with Gasteiger partial charge in [-0.1, -0.05) is 52.4 Å². The van der Waals surface area contributed by atoms with Crippen LogP contribution in [0.5, 0.6) is 11.5 Å². The molecule has 7 heteroatoms. The summed E-state index contributed by atoms with van der Waals surface area (Å²) in [6.07, 6.45) is 34.1. The van der Waals surface area contributed by atoms with Crippen LogP contribution in [0.3, 0.4) is 0 Å². The van der Waals surface area contributed by atoms with E-state index in [4.69, 9.17) is 9.47 Å². The van der Waals surface area contributed by atoms with Gasteiger partial charge in [0.25, 0.3) is 0 Å². The van der Waals surface area contributed by atoms with E-state index >= 15 is 0 Å². The first kappa shape index (κ1) is 52.2. The fourth-order valence-electron chi connectivity index (χ4n) is 10.4. The van der Waals surface area contributed by atoms with Crippen molar-refractivity contribution in [2.45, 2.75) is 247 Å². The zero-order valence-corrected chi connectivity index (χ0v) is 47.0. The molecule has 0 fully saturated rings. The molecule has 4 aromatic rings. The summed E-state index contributed by atoms with van der Waals surface area (Å²) >= 11 is 5.45. The Balaban J connectivity index is 0.000000259. The Kier molecular flexibility index (Phi) is 22.8. The molecule has 0 atom stereocenters. The Morgan fingerprint density at radius 3 is 1.39 bits per heavy atom. The smallest absolute Gasteiger partial charge is 0.140 e. The summed E-state index contributed by atoms with van der Waals surface area (Å²) in [6.45, 7) is 18.7. The van der Waals surface area contributed by atoms with Crippen LogP contribution in [0.15, 0.2) is 35.0 Å². The molecule has 348 valence electrons. The van der Waals surface area contributed by atoms with Gasteiger partial charge in [-0.3, -0.25) is 0 Å². The van der Waals surface area contributed by atoms with E-state index in [0.717, 1.165) is 18.6 Å². The third-order valence-corrected chi connectivity index (χ3v) is 36.7. The second kappa shape index (κ2) is 27.1. The van der Waals surface area contributed by atoms with Gasteiger partial charge in [-0.2, -0.15) is 0 Å². The molecule has 0 aromatic carbocycles. The van der Waals surface area contributed by atoms with Crippen molar-refractivity contribution in [1.29, 1.82) is 0 Å². The first-order valence-corrected chi connectivity index (χ1v) is 37.0. The summed E-state index contributed by atoms with van der Waals surface area (Å²) in [7, 11) is 0. The number of aryl methyl sites for hydroxylation is 1. The molecule has 2 aliphatic rings. The summed E-state index contributed by atoms with van der Waals surface area (Å²) in [4.78, 5) is 7.29. The molecular weight excluding hydrogens is 940 g/mol. The Morgan fingerprint density at radius 1 is 0.435 bits per heavy atom. The number of hydrogen-bond acceptors (Lipinski definition) is 6. The van der Waals surface area contributed by atoms with E-state index in [1.165, 1.54) is 185 Å². The maximum atomic E-state index is 7.24. The molecule has 4 aromatic heterocycles. The van der Waals surface area contributed by atoms with Gasteiger partial charge in [-0.15, -0.1) is 22.7 Å². The summed E-state index contributed by atoms with van der Waals surface area (Å²) in [5, 5.41) is 4.44. The Hall–Kier alpha value is -0.801. The van der Waals surface area contributed by atoms with Gasteiger partial charge in [0, 0.05) is 5.56 Å². The minimum atomic E-state index is -2.51. The molecular formula is C55H88O2S4Sn. The molecule has 6 rings (SSSR count). The van der Waals surface area contributed by atoms with Gasteiger partial charge in [-0.05, 0) is 48.6 Å². The Bertz CT molecular complexity index is 1780. The Labute approximate surface area is 401 Å². The monoisotopic (exact) mass is 1030 g/mol. The molecule has 62 heavy (non-hydrogen) atoms. The first-order chi connectivity index (χ1) is 30.3. The number of fused-ring (bicyclic) bond motifs is 6. The van der Waals surface area contributed by atoms with Crippen LogP contribution >= 0.6 is 45.3 Å². The van der Waals surface area contributed by atoms with E-state index in [1.807, 2.05) is 36.9 Å². The molecule has 0 N–H and O–H groups in total. The van der Waals surface area contributed by atoms with Crippen LogP contribution < -0.4 is 12.4 Å². The van der Waals surface area contributed by atoms with Gasteiger partial charge < -0.3 is 4.74 Å². The van der Waals surface area contributed by atoms with Crippen LogP contribution in [0.2, 0.25) is 13.3 Å². The normalized spacial score (nSPS) is 14.6. The number of unbranched alkanes of at least 4 members (excludes halogenated alkanes) is 15. The molecule has 0 saturated heterocycles. The molecule has 0 amide bonds. The molecule has 6 heterocycles. The van der Waals surface area contributed by atoms with E-state index < -0.39 is 18.4 Å². The van der Waals surface area contributed by atoms with Crippen molar-refractivity contribution in [1.82, 2.24) is 0 Å². The van der Waals surface area contributed by atoms with Gasteiger partial charge in [0.05, 0.1) is 9.75 Å². The van der Waals surface area contributed by atoms with Crippen molar-refractivity contribution in [3.8, 4) is 31.0 Å². The average molecular weight is 1030 g/mol. The zero-order valence-electron chi connectivity index (χ0n) is 40.9. The van der Waals surface area contributed by atoms with E-state index in [1.54, 1.807) is 23.8 Å². The molecule has 0 spiro atoms. The summed E-state index contributed by atoms with van der Waals surface area (Å²) in [5.41, 5.74) is 2.90. The van der Waals surface area contributed by atoms with Gasteiger partial charge >= 0.3 is 250 Å². The van der Waals surface area contributed by atoms with Crippen LogP contribution in [0.1, 0.15) is 231 Å². The molecule has 0 radical (unpaired) electrons. The van der Waals surface area contributed by atoms with Crippen molar-refractivity contribution in [2.75, 3.05) is 0 Å². The predicted octanol–water partition coefficient (Wildman–Crippen LogP) is 20.4. The summed E-state index contributed by atoms with van der Waals surface area (Å²) in [6, 6.07) is 9.67. The number of rotatable bonds is 30. The van der Waals surface area contributed by atoms with Gasteiger partial charge in [0.15, 0.2) is 0 Å². The molecule has 2 nitrogen and oxygen atoms in total. The number of ether oxygens (including phenoxy) is 2. The molecule has 2 aliphatic heterocycles. The molecule has 0 unspecified atom stereocenters. The summed E-state index contributed by atoms with van der Waals surface area (Å²) < 4.78 is 20.5. The standard InChI is InChI=1S/C22H31OS2.C21H30OS2.3C4H9.Sn/c1-4-6-8-10-13-22(14-11-9-7-5-2)18-12-15-24-20(18)21-19(23-22)16-17(3)25-21;1-3-5-7-9-13-21(14-10-8-6-4-2)17-11-15-23-19(17)20-18(22-21)12-16-24-20;3*1-3-4-2;/h12,16H,4-11,13-14H2,1-3H3;11-12,15-16H,3-10,13-14H2,1-2H3;3*1,3-4H2,2H3;. The topological polar surface area (TPSA) is 18.5 Å². The first-order valence-electron chi connectivity index (χ1n) is 26.1. The second-order valence-electron chi connectivity index (χ2n) is 19.2. The average Bonchev–Trinajstić information content (AvgIpc) is 4.11. The number of thiophene rings is 4. The van der Waals surface area contributed by atoms with Crippen LogP contribution in [0.25, 0.3) is 19.5 Å². The van der Waals surface area contributed by atoms with Crippen molar-refractivity contribution in [3.63, 3.8) is 0 Å². The quantitative estimate of drug-likeness (QED) is 0.0383. The SMILES string of the molecule is CCCCCCC1(CCCCCC)Oc2cc(C)sc2-c2s[c]([Sn]([CH2]CCC)([CH2]CCC)[CH2]CCC)cc21.CCCCCCC1(CCCCCC)Oc2ccsc2-c2sccc21. The van der Waals surface area contributed by atoms with Crippen molar-refractivity contribution in [2.24, 2.45) is 0 Å². The summed E-state index contributed by atoms with van der Waals surface area (Å²) in [5.74, 6) is 2.33. The van der Waals surface area contributed by atoms with E-state index in [2.05, 4.69) is 102 Å². The maximum absolute atomic E-state index is 7.24. The minimum absolute atomic E-state index is 0.0785.